The van der Waals surface area contributed by atoms with Gasteiger partial charge < -0.3 is 10.0 Å². The molecule has 3 aliphatic rings. The molecule has 23 heavy (non-hydrogen) atoms. The molecular weight excluding hydrogens is 312 g/mol. The van der Waals surface area contributed by atoms with Gasteiger partial charge in [-0.15, -0.1) is 4.40 Å². The number of fused-ring (bicyclic) bond motifs is 1. The minimum Gasteiger partial charge on any atom is -0.391 e. The lowest BCUT2D eigenvalue weighted by molar-refractivity contribution is 0.185. The monoisotopic (exact) mass is 334 g/mol. The van der Waals surface area contributed by atoms with Gasteiger partial charge in [-0.3, -0.25) is 0 Å². The Morgan fingerprint density at radius 3 is 2.65 bits per heavy atom. The Morgan fingerprint density at radius 2 is 1.87 bits per heavy atom. The molecule has 0 spiro atoms. The highest BCUT2D eigenvalue weighted by Crippen LogP contribution is 2.37. The van der Waals surface area contributed by atoms with E-state index in [9.17, 15) is 13.5 Å². The Kier molecular flexibility index (Phi) is 3.69. The van der Waals surface area contributed by atoms with Gasteiger partial charge in [-0.25, -0.2) is 0 Å². The van der Waals surface area contributed by atoms with E-state index in [1.807, 2.05) is 12.1 Å². The minimum absolute atomic E-state index is 0.199. The van der Waals surface area contributed by atoms with Gasteiger partial charge in [0.25, 0.3) is 10.0 Å². The fourth-order valence-corrected chi connectivity index (χ4v) is 5.57. The number of benzene rings is 1. The molecule has 2 aliphatic heterocycles. The Morgan fingerprint density at radius 1 is 1.13 bits per heavy atom. The van der Waals surface area contributed by atoms with E-state index in [2.05, 4.69) is 9.30 Å². The molecular formula is C17H22N2O3S. The van der Waals surface area contributed by atoms with E-state index < -0.39 is 16.1 Å². The van der Waals surface area contributed by atoms with Crippen molar-refractivity contribution in [2.24, 2.45) is 10.3 Å². The van der Waals surface area contributed by atoms with Crippen LogP contribution >= 0.6 is 0 Å². The Hall–Kier alpha value is -1.40. The summed E-state index contributed by atoms with van der Waals surface area (Å²) in [7, 11) is -3.60. The molecule has 2 heterocycles. The number of nitrogens with zero attached hydrogens (tertiary/aromatic N) is 2. The van der Waals surface area contributed by atoms with Gasteiger partial charge >= 0.3 is 0 Å². The van der Waals surface area contributed by atoms with Gasteiger partial charge in [0, 0.05) is 18.2 Å². The van der Waals surface area contributed by atoms with Crippen LogP contribution in [0.3, 0.4) is 0 Å². The van der Waals surface area contributed by atoms with Gasteiger partial charge in [-0.1, -0.05) is 31.4 Å². The number of rotatable bonds is 1. The summed E-state index contributed by atoms with van der Waals surface area (Å²) in [5, 5.41) is 10.2. The number of hydrogen-bond donors (Lipinski definition) is 1. The molecule has 4 rings (SSSR count). The molecule has 1 aromatic carbocycles. The first-order valence-electron chi connectivity index (χ1n) is 8.45. The predicted molar refractivity (Wildman–Crippen MR) is 87.9 cm³/mol. The summed E-state index contributed by atoms with van der Waals surface area (Å²) in [6.07, 6.45) is 6.37. The first-order valence-corrected chi connectivity index (χ1v) is 9.89. The number of hydrogen-bond acceptors (Lipinski definition) is 4. The molecule has 2 atom stereocenters. The van der Waals surface area contributed by atoms with Gasteiger partial charge in [-0.05, 0) is 37.3 Å². The highest BCUT2D eigenvalue weighted by Gasteiger charge is 2.42. The van der Waals surface area contributed by atoms with E-state index in [-0.39, 0.29) is 6.04 Å². The molecule has 5 nitrogen and oxygen atoms in total. The number of aliphatic hydroxyl groups excluding tert-OH is 1. The van der Waals surface area contributed by atoms with Crippen LogP contribution in [0.15, 0.2) is 33.6 Å². The van der Waals surface area contributed by atoms with E-state index >= 15 is 0 Å². The van der Waals surface area contributed by atoms with Crippen molar-refractivity contribution >= 4 is 15.9 Å². The zero-order valence-corrected chi connectivity index (χ0v) is 13.9. The normalized spacial score (nSPS) is 30.3. The molecule has 0 aromatic heterocycles. The van der Waals surface area contributed by atoms with Crippen LogP contribution in [0.2, 0.25) is 0 Å². The van der Waals surface area contributed by atoms with Gasteiger partial charge in [0.1, 0.15) is 4.90 Å². The zero-order chi connectivity index (χ0) is 16.0. The van der Waals surface area contributed by atoms with E-state index in [1.165, 1.54) is 19.3 Å². The summed E-state index contributed by atoms with van der Waals surface area (Å²) < 4.78 is 28.7. The largest absolute Gasteiger partial charge is 0.391 e. The fourth-order valence-electron chi connectivity index (χ4n) is 4.35. The topological polar surface area (TPSA) is 70.0 Å². The molecule has 1 aliphatic carbocycles. The van der Waals surface area contributed by atoms with Gasteiger partial charge in [-0.2, -0.15) is 8.42 Å². The SMILES string of the molecule is O=S1(=O)N=C(N2C[C@@H](O)C[C@@H]2C2CCCCC2)c2ccccc21. The van der Waals surface area contributed by atoms with Gasteiger partial charge in [0.05, 0.1) is 6.10 Å². The summed E-state index contributed by atoms with van der Waals surface area (Å²) in [5.74, 6) is 1.06. The molecule has 2 fully saturated rings. The third-order valence-electron chi connectivity index (χ3n) is 5.40. The van der Waals surface area contributed by atoms with Crippen molar-refractivity contribution in [2.75, 3.05) is 6.54 Å². The molecule has 1 N–H and O–H groups in total. The summed E-state index contributed by atoms with van der Waals surface area (Å²) in [4.78, 5) is 2.35. The average molecular weight is 334 g/mol. The lowest BCUT2D eigenvalue weighted by Gasteiger charge is -2.34. The van der Waals surface area contributed by atoms with Crippen molar-refractivity contribution in [3.8, 4) is 0 Å². The number of likely N-dealkylation sites (tertiary alicyclic amines) is 1. The molecule has 0 radical (unpaired) electrons. The van der Waals surface area contributed by atoms with Crippen LogP contribution in [0.25, 0.3) is 0 Å². The Bertz CT molecular complexity index is 738. The summed E-state index contributed by atoms with van der Waals surface area (Å²) >= 11 is 0. The maximum Gasteiger partial charge on any atom is 0.285 e. The van der Waals surface area contributed by atoms with E-state index in [0.717, 1.165) is 12.8 Å². The summed E-state index contributed by atoms with van der Waals surface area (Å²) in [5.41, 5.74) is 0.683. The molecule has 0 amide bonds. The van der Waals surface area contributed by atoms with E-state index in [0.29, 0.717) is 35.2 Å². The second kappa shape index (κ2) is 5.60. The Balaban J connectivity index is 1.71. The van der Waals surface area contributed by atoms with E-state index in [4.69, 9.17) is 0 Å². The molecule has 1 aromatic rings. The predicted octanol–water partition coefficient (Wildman–Crippen LogP) is 2.15. The average Bonchev–Trinajstić information content (AvgIpc) is 3.07. The van der Waals surface area contributed by atoms with Crippen molar-refractivity contribution < 1.29 is 13.5 Å². The number of amidine groups is 1. The van der Waals surface area contributed by atoms with Gasteiger partial charge in [0.15, 0.2) is 5.84 Å². The van der Waals surface area contributed by atoms with Crippen molar-refractivity contribution in [1.82, 2.24) is 4.90 Å². The van der Waals surface area contributed by atoms with Crippen LogP contribution in [-0.4, -0.2) is 43.0 Å². The zero-order valence-electron chi connectivity index (χ0n) is 13.1. The molecule has 0 unspecified atom stereocenters. The first kappa shape index (κ1) is 15.1. The van der Waals surface area contributed by atoms with Crippen molar-refractivity contribution in [3.63, 3.8) is 0 Å². The summed E-state index contributed by atoms with van der Waals surface area (Å²) in [6, 6.07) is 7.21. The highest BCUT2D eigenvalue weighted by molar-refractivity contribution is 7.90. The van der Waals surface area contributed by atoms with Crippen LogP contribution in [-0.2, 0) is 10.0 Å². The van der Waals surface area contributed by atoms with Crippen molar-refractivity contribution in [1.29, 1.82) is 0 Å². The van der Waals surface area contributed by atoms with Crippen LogP contribution in [0, 0.1) is 5.92 Å². The van der Waals surface area contributed by atoms with E-state index in [1.54, 1.807) is 12.1 Å². The quantitative estimate of drug-likeness (QED) is 0.854. The third-order valence-corrected chi connectivity index (χ3v) is 6.73. The second-order valence-corrected chi connectivity index (χ2v) is 8.47. The van der Waals surface area contributed by atoms with Crippen LogP contribution < -0.4 is 0 Å². The molecule has 6 heteroatoms. The number of aliphatic hydroxyl groups is 1. The molecule has 124 valence electrons. The van der Waals surface area contributed by atoms with Crippen molar-refractivity contribution in [2.45, 2.75) is 55.6 Å². The molecule has 1 saturated carbocycles. The van der Waals surface area contributed by atoms with Crippen LogP contribution in [0.4, 0.5) is 0 Å². The van der Waals surface area contributed by atoms with Crippen LogP contribution in [0.1, 0.15) is 44.1 Å². The fraction of sp³-hybridized carbons (Fsp3) is 0.588. The first-order chi connectivity index (χ1) is 11.1. The molecule has 1 saturated heterocycles. The molecule has 0 bridgehead atoms. The maximum absolute atomic E-state index is 12.3. The third kappa shape index (κ3) is 2.58. The lowest BCUT2D eigenvalue weighted by atomic mass is 9.82. The van der Waals surface area contributed by atoms with Crippen LogP contribution in [0.5, 0.6) is 0 Å². The second-order valence-electron chi connectivity index (χ2n) is 6.89. The number of sulfonamides is 1. The maximum atomic E-state index is 12.3. The smallest absolute Gasteiger partial charge is 0.285 e. The minimum atomic E-state index is -3.60. The highest BCUT2D eigenvalue weighted by atomic mass is 32.2. The Labute approximate surface area is 137 Å². The van der Waals surface area contributed by atoms with Gasteiger partial charge in [0.2, 0.25) is 0 Å². The van der Waals surface area contributed by atoms with Crippen molar-refractivity contribution in [3.05, 3.63) is 29.8 Å². The lowest BCUT2D eigenvalue weighted by Crippen LogP contribution is -2.40. The standard InChI is InChI=1S/C17H22N2O3S/c20-13-10-15(12-6-2-1-3-7-12)19(11-13)17-14-8-4-5-9-16(14)23(21,22)18-17/h4-5,8-9,12-13,15,20H,1-3,6-7,10-11H2/t13-,15+/m0/s1. The summed E-state index contributed by atoms with van der Waals surface area (Å²) in [6.45, 7) is 0.476. The number of β-amino-alcohol motifs (C(OH)–C–C–N with tert-alkyl or cyclic N) is 1.